The quantitative estimate of drug-likeness (QED) is 0.616. The molecule has 25 heavy (non-hydrogen) atoms. The van der Waals surface area contributed by atoms with Gasteiger partial charge in [0, 0.05) is 33.9 Å². The molecule has 1 saturated carbocycles. The van der Waals surface area contributed by atoms with E-state index in [0.29, 0.717) is 0 Å². The third-order valence-electron chi connectivity index (χ3n) is 4.70. The van der Waals surface area contributed by atoms with E-state index < -0.39 is 0 Å². The number of H-pyrrole nitrogens is 1. The lowest BCUT2D eigenvalue weighted by molar-refractivity contribution is 0.248. The van der Waals surface area contributed by atoms with E-state index in [-0.39, 0.29) is 17.9 Å². The predicted molar refractivity (Wildman–Crippen MR) is 98.1 cm³/mol. The molecule has 2 amide bonds. The molecule has 0 saturated heterocycles. The number of carbonyl (C=O) groups excluding carboxylic acids is 1. The lowest BCUT2D eigenvalue weighted by Crippen LogP contribution is -2.36. The van der Waals surface area contributed by atoms with E-state index in [4.69, 9.17) is 0 Å². The zero-order chi connectivity index (χ0) is 17.2. The van der Waals surface area contributed by atoms with Gasteiger partial charge in [0.15, 0.2) is 0 Å². The fourth-order valence-electron chi connectivity index (χ4n) is 3.45. The van der Waals surface area contributed by atoms with Crippen molar-refractivity contribution in [1.29, 1.82) is 0 Å². The number of nitrogens with one attached hydrogen (secondary N) is 3. The second-order valence-corrected chi connectivity index (χ2v) is 6.58. The lowest BCUT2D eigenvalue weighted by Gasteiger charge is -2.13. The van der Waals surface area contributed by atoms with Gasteiger partial charge in [-0.2, -0.15) is 0 Å². The smallest absolute Gasteiger partial charge is 0.319 e. The first-order valence-corrected chi connectivity index (χ1v) is 8.64. The molecule has 0 aliphatic heterocycles. The monoisotopic (exact) mass is 337 g/mol. The minimum Gasteiger partial charge on any atom is -0.355 e. The van der Waals surface area contributed by atoms with Gasteiger partial charge in [0.05, 0.1) is 0 Å². The highest BCUT2D eigenvalue weighted by Crippen LogP contribution is 2.26. The standard InChI is InChI=1S/C20H20FN3O/c21-15-8-9-18-14(10-15)12-19(24-18)13-4-3-7-17(11-13)23-20(25)22-16-5-1-2-6-16/h3-4,7-12,16,24H,1-2,5-6H2,(H2,22,23,25). The Labute approximate surface area is 145 Å². The Balaban J connectivity index is 1.52. The second-order valence-electron chi connectivity index (χ2n) is 6.58. The van der Waals surface area contributed by atoms with Gasteiger partial charge < -0.3 is 15.6 Å². The highest BCUT2D eigenvalue weighted by atomic mass is 19.1. The zero-order valence-electron chi connectivity index (χ0n) is 13.8. The van der Waals surface area contributed by atoms with E-state index >= 15 is 0 Å². The molecule has 2 aromatic carbocycles. The molecule has 0 bridgehead atoms. The van der Waals surface area contributed by atoms with Crippen LogP contribution in [0, 0.1) is 5.82 Å². The SMILES string of the molecule is O=C(Nc1cccc(-c2cc3cc(F)ccc3[nH]2)c1)NC1CCCC1. The van der Waals surface area contributed by atoms with Crippen molar-refractivity contribution >= 4 is 22.6 Å². The zero-order valence-corrected chi connectivity index (χ0v) is 13.8. The maximum absolute atomic E-state index is 13.4. The Morgan fingerprint density at radius 2 is 1.92 bits per heavy atom. The molecular formula is C20H20FN3O. The van der Waals surface area contributed by atoms with Crippen molar-refractivity contribution in [3.8, 4) is 11.3 Å². The van der Waals surface area contributed by atoms with Crippen molar-refractivity contribution in [3.05, 3.63) is 54.3 Å². The van der Waals surface area contributed by atoms with E-state index in [1.165, 1.54) is 25.0 Å². The Morgan fingerprint density at radius 3 is 2.76 bits per heavy atom. The number of fused-ring (bicyclic) bond motifs is 1. The van der Waals surface area contributed by atoms with Crippen molar-refractivity contribution in [2.24, 2.45) is 0 Å². The van der Waals surface area contributed by atoms with Crippen LogP contribution in [0.3, 0.4) is 0 Å². The Bertz CT molecular complexity index is 912. The van der Waals surface area contributed by atoms with Crippen molar-refractivity contribution in [1.82, 2.24) is 10.3 Å². The summed E-state index contributed by atoms with van der Waals surface area (Å²) in [5, 5.41) is 6.74. The summed E-state index contributed by atoms with van der Waals surface area (Å²) in [7, 11) is 0. The van der Waals surface area contributed by atoms with E-state index in [9.17, 15) is 9.18 Å². The van der Waals surface area contributed by atoms with Gasteiger partial charge in [-0.05, 0) is 49.2 Å². The molecule has 4 rings (SSSR count). The van der Waals surface area contributed by atoms with Crippen LogP contribution in [-0.2, 0) is 0 Å². The number of carbonyl (C=O) groups is 1. The highest BCUT2D eigenvalue weighted by molar-refractivity contribution is 5.91. The first kappa shape index (κ1) is 15.7. The van der Waals surface area contributed by atoms with Gasteiger partial charge in [-0.15, -0.1) is 0 Å². The van der Waals surface area contributed by atoms with Crippen molar-refractivity contribution in [2.75, 3.05) is 5.32 Å². The molecule has 3 aromatic rings. The topological polar surface area (TPSA) is 56.9 Å². The number of anilines is 1. The van der Waals surface area contributed by atoms with Gasteiger partial charge in [0.1, 0.15) is 5.82 Å². The summed E-state index contributed by atoms with van der Waals surface area (Å²) in [6.45, 7) is 0. The molecule has 1 aromatic heterocycles. The van der Waals surface area contributed by atoms with Crippen LogP contribution < -0.4 is 10.6 Å². The summed E-state index contributed by atoms with van der Waals surface area (Å²) < 4.78 is 13.4. The molecule has 1 fully saturated rings. The van der Waals surface area contributed by atoms with Crippen LogP contribution in [0.4, 0.5) is 14.9 Å². The minimum absolute atomic E-state index is 0.164. The highest BCUT2D eigenvalue weighted by Gasteiger charge is 2.17. The number of aromatic amines is 1. The molecule has 4 nitrogen and oxygen atoms in total. The molecule has 1 aliphatic carbocycles. The predicted octanol–water partition coefficient (Wildman–Crippen LogP) is 5.04. The number of hydrogen-bond donors (Lipinski definition) is 3. The summed E-state index contributed by atoms with van der Waals surface area (Å²) in [4.78, 5) is 15.4. The molecule has 1 heterocycles. The summed E-state index contributed by atoms with van der Waals surface area (Å²) in [6.07, 6.45) is 4.47. The summed E-state index contributed by atoms with van der Waals surface area (Å²) in [5.74, 6) is -0.253. The Kier molecular flexibility index (Phi) is 4.14. The number of halogens is 1. The number of amides is 2. The van der Waals surface area contributed by atoms with Crippen LogP contribution in [0.15, 0.2) is 48.5 Å². The van der Waals surface area contributed by atoms with E-state index in [2.05, 4.69) is 15.6 Å². The third-order valence-corrected chi connectivity index (χ3v) is 4.70. The van der Waals surface area contributed by atoms with Crippen LogP contribution in [0.1, 0.15) is 25.7 Å². The Hall–Kier alpha value is -2.82. The molecule has 0 unspecified atom stereocenters. The minimum atomic E-state index is -0.253. The molecule has 128 valence electrons. The van der Waals surface area contributed by atoms with Crippen LogP contribution in [0.2, 0.25) is 0 Å². The maximum atomic E-state index is 13.4. The molecule has 0 spiro atoms. The number of rotatable bonds is 3. The normalized spacial score (nSPS) is 14.8. The van der Waals surface area contributed by atoms with Gasteiger partial charge in [0.2, 0.25) is 0 Å². The number of urea groups is 1. The van der Waals surface area contributed by atoms with Crippen molar-refractivity contribution in [3.63, 3.8) is 0 Å². The van der Waals surface area contributed by atoms with E-state index in [0.717, 1.165) is 40.7 Å². The van der Waals surface area contributed by atoms with E-state index in [1.54, 1.807) is 6.07 Å². The first-order valence-electron chi connectivity index (χ1n) is 8.64. The molecule has 5 heteroatoms. The average molecular weight is 337 g/mol. The second kappa shape index (κ2) is 6.59. The summed E-state index contributed by atoms with van der Waals surface area (Å²) in [6, 6.07) is 14.3. The average Bonchev–Trinajstić information content (AvgIpc) is 3.24. The first-order chi connectivity index (χ1) is 12.2. The number of hydrogen-bond acceptors (Lipinski definition) is 1. The van der Waals surface area contributed by atoms with Crippen LogP contribution in [0.25, 0.3) is 22.2 Å². The van der Waals surface area contributed by atoms with Gasteiger partial charge in [-0.25, -0.2) is 9.18 Å². The van der Waals surface area contributed by atoms with Crippen LogP contribution in [-0.4, -0.2) is 17.1 Å². The maximum Gasteiger partial charge on any atom is 0.319 e. The van der Waals surface area contributed by atoms with Gasteiger partial charge in [-0.3, -0.25) is 0 Å². The number of aromatic nitrogens is 1. The number of benzene rings is 2. The molecule has 0 atom stereocenters. The van der Waals surface area contributed by atoms with Crippen LogP contribution >= 0.6 is 0 Å². The lowest BCUT2D eigenvalue weighted by atomic mass is 10.1. The molecule has 1 aliphatic rings. The van der Waals surface area contributed by atoms with Crippen molar-refractivity contribution < 1.29 is 9.18 Å². The van der Waals surface area contributed by atoms with Gasteiger partial charge >= 0.3 is 6.03 Å². The molecule has 3 N–H and O–H groups in total. The van der Waals surface area contributed by atoms with Gasteiger partial charge in [0.25, 0.3) is 0 Å². The van der Waals surface area contributed by atoms with Crippen molar-refractivity contribution in [2.45, 2.75) is 31.7 Å². The van der Waals surface area contributed by atoms with Crippen LogP contribution in [0.5, 0.6) is 0 Å². The Morgan fingerprint density at radius 1 is 1.08 bits per heavy atom. The van der Waals surface area contributed by atoms with Gasteiger partial charge in [-0.1, -0.05) is 25.0 Å². The molecular weight excluding hydrogens is 317 g/mol. The summed E-state index contributed by atoms with van der Waals surface area (Å²) in [5.41, 5.74) is 3.45. The molecule has 0 radical (unpaired) electrons. The van der Waals surface area contributed by atoms with E-state index in [1.807, 2.05) is 30.3 Å². The fourth-order valence-corrected chi connectivity index (χ4v) is 3.45. The fraction of sp³-hybridized carbons (Fsp3) is 0.250. The third kappa shape index (κ3) is 3.50. The largest absolute Gasteiger partial charge is 0.355 e. The summed E-state index contributed by atoms with van der Waals surface area (Å²) >= 11 is 0.